The number of rotatable bonds is 6. The number of halogens is 1. The molecule has 160 valence electrons. The van der Waals surface area contributed by atoms with E-state index < -0.39 is 33.9 Å². The summed E-state index contributed by atoms with van der Waals surface area (Å²) in [6.45, 7) is 1.36. The third-order valence-electron chi connectivity index (χ3n) is 4.18. The second kappa shape index (κ2) is 8.92. The Hall–Kier alpha value is -3.80. The molecule has 0 unspecified atom stereocenters. The van der Waals surface area contributed by atoms with Gasteiger partial charge in [0, 0.05) is 16.1 Å². The van der Waals surface area contributed by atoms with Crippen LogP contribution in [0.5, 0.6) is 5.75 Å². The molecule has 1 N–H and O–H groups in total. The molecule has 3 aromatic rings. The number of hydrogen-bond acceptors (Lipinski definition) is 8. The average molecular weight is 491 g/mol. The van der Waals surface area contributed by atoms with Crippen LogP contribution in [0.2, 0.25) is 0 Å². The molecule has 0 aliphatic heterocycles. The summed E-state index contributed by atoms with van der Waals surface area (Å²) in [5, 5.41) is 15.6. The zero-order valence-corrected chi connectivity index (χ0v) is 17.8. The Morgan fingerprint density at radius 3 is 2.71 bits per heavy atom. The quantitative estimate of drug-likeness (QED) is 0.241. The molecule has 1 heterocycles. The summed E-state index contributed by atoms with van der Waals surface area (Å²) in [5.74, 6) is -1.03. The molecule has 0 saturated heterocycles. The molecule has 0 saturated carbocycles. The van der Waals surface area contributed by atoms with Gasteiger partial charge in [0.2, 0.25) is 5.75 Å². The van der Waals surface area contributed by atoms with Gasteiger partial charge in [-0.15, -0.1) is 4.68 Å². The van der Waals surface area contributed by atoms with Gasteiger partial charge in [-0.25, -0.2) is 9.59 Å². The highest BCUT2D eigenvalue weighted by atomic mass is 79.9. The van der Waals surface area contributed by atoms with Crippen molar-refractivity contribution in [3.8, 4) is 5.75 Å². The van der Waals surface area contributed by atoms with Crippen LogP contribution in [0, 0.1) is 10.1 Å². The molecular weight excluding hydrogens is 476 g/mol. The Morgan fingerprint density at radius 2 is 2.03 bits per heavy atom. The number of carbonyl (C=O) groups is 1. The molecule has 0 fully saturated rings. The molecule has 1 atom stereocenters. The summed E-state index contributed by atoms with van der Waals surface area (Å²) < 4.78 is 10.9. The zero-order chi connectivity index (χ0) is 22.7. The van der Waals surface area contributed by atoms with Gasteiger partial charge >= 0.3 is 17.3 Å². The molecule has 0 aliphatic carbocycles. The van der Waals surface area contributed by atoms with Crippen LogP contribution in [0.25, 0.3) is 10.9 Å². The molecule has 31 heavy (non-hydrogen) atoms. The number of ether oxygens (including phenoxy) is 2. The molecule has 11 nitrogen and oxygen atoms in total. The normalized spacial score (nSPS) is 12.1. The highest BCUT2D eigenvalue weighted by Crippen LogP contribution is 2.34. The van der Waals surface area contributed by atoms with E-state index in [4.69, 9.17) is 4.74 Å². The van der Waals surface area contributed by atoms with Crippen LogP contribution < -0.4 is 16.0 Å². The summed E-state index contributed by atoms with van der Waals surface area (Å²) in [6, 6.07) is 9.01. The van der Waals surface area contributed by atoms with Crippen LogP contribution >= 0.6 is 15.9 Å². The molecule has 12 heteroatoms. The van der Waals surface area contributed by atoms with E-state index in [0.29, 0.717) is 14.7 Å². The lowest BCUT2D eigenvalue weighted by atomic mass is 10.2. The summed E-state index contributed by atoms with van der Waals surface area (Å²) in [4.78, 5) is 50.0. The first kappa shape index (κ1) is 21.9. The summed E-state index contributed by atoms with van der Waals surface area (Å²) >= 11 is 3.16. The number of H-pyrrole nitrogens is 1. The number of nitrogens with one attached hydrogen (secondary N) is 1. The first-order chi connectivity index (χ1) is 14.7. The van der Waals surface area contributed by atoms with E-state index in [9.17, 15) is 24.5 Å². The predicted molar refractivity (Wildman–Crippen MR) is 115 cm³/mol. The molecule has 1 aromatic heterocycles. The Kier molecular flexibility index (Phi) is 6.30. The number of nitro benzene ring substituents is 1. The summed E-state index contributed by atoms with van der Waals surface area (Å²) in [7, 11) is 1.15. The van der Waals surface area contributed by atoms with E-state index >= 15 is 0 Å². The van der Waals surface area contributed by atoms with Gasteiger partial charge in [-0.3, -0.25) is 14.9 Å². The minimum atomic E-state index is -1.16. The number of nitro groups is 1. The second-order valence-corrected chi connectivity index (χ2v) is 7.14. The van der Waals surface area contributed by atoms with E-state index in [0.717, 1.165) is 13.3 Å². The van der Waals surface area contributed by atoms with Crippen molar-refractivity contribution in [3.05, 3.63) is 77.4 Å². The molecule has 0 spiro atoms. The van der Waals surface area contributed by atoms with Crippen LogP contribution in [0.1, 0.15) is 12.5 Å². The topological polar surface area (TPSA) is 146 Å². The molecule has 3 rings (SSSR count). The van der Waals surface area contributed by atoms with Crippen molar-refractivity contribution in [1.29, 1.82) is 0 Å². The Morgan fingerprint density at radius 1 is 1.32 bits per heavy atom. The molecule has 0 amide bonds. The van der Waals surface area contributed by atoms with Gasteiger partial charge in [-0.1, -0.05) is 28.1 Å². The fourth-order valence-electron chi connectivity index (χ4n) is 2.73. The lowest BCUT2D eigenvalue weighted by Crippen LogP contribution is -2.32. The van der Waals surface area contributed by atoms with Crippen LogP contribution in [0.15, 0.2) is 55.6 Å². The van der Waals surface area contributed by atoms with Crippen molar-refractivity contribution in [2.24, 2.45) is 5.10 Å². The number of methoxy groups -OCH3 is 1. The molecule has 0 radical (unpaired) electrons. The minimum Gasteiger partial charge on any atom is -0.471 e. The number of hydrogen-bond donors (Lipinski definition) is 1. The second-order valence-electron chi connectivity index (χ2n) is 6.22. The van der Waals surface area contributed by atoms with Gasteiger partial charge in [0.15, 0.2) is 6.10 Å². The maximum Gasteiger partial charge on any atom is 0.349 e. The van der Waals surface area contributed by atoms with E-state index in [-0.39, 0.29) is 16.7 Å². The Labute approximate surface area is 182 Å². The average Bonchev–Trinajstić information content (AvgIpc) is 2.74. The SMILES string of the molecule is COC(=O)[C@H](C)Oc1c(C=Nn2c(=O)[nH]c3ccccc3c2=O)cc(Br)cc1[N+](=O)[O-]. The molecule has 0 bridgehead atoms. The first-order valence-electron chi connectivity index (χ1n) is 8.73. The van der Waals surface area contributed by atoms with Crippen molar-refractivity contribution in [1.82, 2.24) is 9.66 Å². The number of para-hydroxylation sites is 1. The lowest BCUT2D eigenvalue weighted by Gasteiger charge is -2.14. The van der Waals surface area contributed by atoms with Gasteiger partial charge in [0.1, 0.15) is 0 Å². The van der Waals surface area contributed by atoms with Gasteiger partial charge in [0.05, 0.1) is 29.2 Å². The standard InChI is InChI=1S/C19H15BrN4O7/c1-10(18(26)30-2)31-16-11(7-12(20)8-15(16)24(28)29)9-21-23-17(25)13-5-3-4-6-14(13)22-19(23)27/h3-10H,1-2H3,(H,22,27)/t10-/m0/s1. The lowest BCUT2D eigenvalue weighted by molar-refractivity contribution is -0.386. The smallest absolute Gasteiger partial charge is 0.349 e. The summed E-state index contributed by atoms with van der Waals surface area (Å²) in [5.41, 5.74) is -1.53. The van der Waals surface area contributed by atoms with Crippen LogP contribution in [0.4, 0.5) is 5.69 Å². The number of esters is 1. The zero-order valence-electron chi connectivity index (χ0n) is 16.2. The largest absolute Gasteiger partial charge is 0.471 e. The van der Waals surface area contributed by atoms with Crippen molar-refractivity contribution in [3.63, 3.8) is 0 Å². The van der Waals surface area contributed by atoms with E-state index in [1.807, 2.05) is 0 Å². The third-order valence-corrected chi connectivity index (χ3v) is 4.64. The van der Waals surface area contributed by atoms with Crippen molar-refractivity contribution in [2.45, 2.75) is 13.0 Å². The van der Waals surface area contributed by atoms with Gasteiger partial charge < -0.3 is 14.5 Å². The molecule has 2 aromatic carbocycles. The predicted octanol–water partition coefficient (Wildman–Crippen LogP) is 2.18. The van der Waals surface area contributed by atoms with Gasteiger partial charge in [-0.05, 0) is 25.1 Å². The number of nitrogens with zero attached hydrogens (tertiary/aromatic N) is 3. The fourth-order valence-corrected chi connectivity index (χ4v) is 3.19. The molecule has 0 aliphatic rings. The minimum absolute atomic E-state index is 0.0521. The van der Waals surface area contributed by atoms with Gasteiger partial charge in [-0.2, -0.15) is 5.10 Å². The summed E-state index contributed by atoms with van der Waals surface area (Å²) in [6.07, 6.45) is -0.105. The Bertz CT molecular complexity index is 1330. The monoisotopic (exact) mass is 490 g/mol. The van der Waals surface area contributed by atoms with E-state index in [1.54, 1.807) is 18.2 Å². The van der Waals surface area contributed by atoms with E-state index in [1.165, 1.54) is 25.1 Å². The van der Waals surface area contributed by atoms with E-state index in [2.05, 4.69) is 30.8 Å². The number of carbonyl (C=O) groups excluding carboxylic acids is 1. The third kappa shape index (κ3) is 4.53. The number of aromatic amines is 1. The first-order valence-corrected chi connectivity index (χ1v) is 9.53. The highest BCUT2D eigenvalue weighted by Gasteiger charge is 2.25. The highest BCUT2D eigenvalue weighted by molar-refractivity contribution is 9.10. The van der Waals surface area contributed by atoms with Crippen molar-refractivity contribution < 1.29 is 19.2 Å². The van der Waals surface area contributed by atoms with Crippen LogP contribution in [-0.2, 0) is 9.53 Å². The maximum atomic E-state index is 12.6. The van der Waals surface area contributed by atoms with Crippen LogP contribution in [0.3, 0.4) is 0 Å². The number of fused-ring (bicyclic) bond motifs is 1. The van der Waals surface area contributed by atoms with Crippen molar-refractivity contribution >= 4 is 44.7 Å². The van der Waals surface area contributed by atoms with Gasteiger partial charge in [0.25, 0.3) is 5.56 Å². The Balaban J connectivity index is 2.15. The fraction of sp³-hybridized carbons (Fsp3) is 0.158. The maximum absolute atomic E-state index is 12.6. The number of benzene rings is 2. The number of aromatic nitrogens is 2. The van der Waals surface area contributed by atoms with Crippen LogP contribution in [-0.4, -0.2) is 40.0 Å². The molecular formula is C19H15BrN4O7. The van der Waals surface area contributed by atoms with Crippen molar-refractivity contribution in [2.75, 3.05) is 7.11 Å².